The number of fused-ring (bicyclic) bond motifs is 6. The van der Waals surface area contributed by atoms with Crippen LogP contribution in [0, 0.1) is 0 Å². The van der Waals surface area contributed by atoms with Crippen molar-refractivity contribution in [3.8, 4) is 66.8 Å². The summed E-state index contributed by atoms with van der Waals surface area (Å²) >= 11 is 0. The van der Waals surface area contributed by atoms with E-state index in [0.29, 0.717) is 0 Å². The predicted molar refractivity (Wildman–Crippen MR) is 507 cm³/mol. The molecule has 2 heterocycles. The molecule has 7 heteroatoms. The van der Waals surface area contributed by atoms with E-state index in [0.717, 1.165) is 186 Å². The van der Waals surface area contributed by atoms with Gasteiger partial charge in [-0.2, -0.15) is 0 Å². The fourth-order valence-corrected chi connectivity index (χ4v) is 17.4. The van der Waals surface area contributed by atoms with Crippen LogP contribution in [0.3, 0.4) is 0 Å². The molecule has 21 rings (SSSR count). The van der Waals surface area contributed by atoms with Gasteiger partial charge in [-0.1, -0.05) is 291 Å². The third kappa shape index (κ3) is 14.4. The van der Waals surface area contributed by atoms with Gasteiger partial charge in [0.1, 0.15) is 22.3 Å². The van der Waals surface area contributed by atoms with Crippen LogP contribution in [0.15, 0.2) is 488 Å². The Bertz CT molecular complexity index is 7040. The first-order valence-corrected chi connectivity index (χ1v) is 41.4. The zero-order valence-corrected chi connectivity index (χ0v) is 66.4. The zero-order valence-electron chi connectivity index (χ0n) is 66.4. The molecular weight excluding hydrogens is 1470 g/mol. The van der Waals surface area contributed by atoms with Crippen molar-refractivity contribution < 1.29 is 8.83 Å². The van der Waals surface area contributed by atoms with Crippen molar-refractivity contribution in [2.45, 2.75) is 12.5 Å². The summed E-state index contributed by atoms with van der Waals surface area (Å²) in [5.41, 5.74) is 31.9. The molecule has 0 saturated carbocycles. The average Bonchev–Trinajstić information content (AvgIpc) is 1.69. The fraction of sp³-hybridized carbons (Fsp3) is 0.0175. The molecule has 18 aromatic carbocycles. The van der Waals surface area contributed by atoms with Gasteiger partial charge in [0, 0.05) is 112 Å². The van der Waals surface area contributed by atoms with Crippen molar-refractivity contribution in [2.24, 2.45) is 0 Å². The molecule has 1 aliphatic carbocycles. The van der Waals surface area contributed by atoms with Crippen molar-refractivity contribution in [1.29, 1.82) is 0 Å². The zero-order chi connectivity index (χ0) is 80.4. The van der Waals surface area contributed by atoms with E-state index in [1.54, 1.807) is 0 Å². The molecule has 1 unspecified atom stereocenters. The maximum atomic E-state index is 6.61. The molecule has 1 aliphatic rings. The van der Waals surface area contributed by atoms with E-state index in [4.69, 9.17) is 8.83 Å². The van der Waals surface area contributed by atoms with Crippen LogP contribution in [0.1, 0.15) is 6.42 Å². The van der Waals surface area contributed by atoms with Crippen LogP contribution >= 0.6 is 0 Å². The van der Waals surface area contributed by atoms with E-state index in [9.17, 15) is 0 Å². The van der Waals surface area contributed by atoms with Gasteiger partial charge in [-0.15, -0.1) is 0 Å². The van der Waals surface area contributed by atoms with Gasteiger partial charge < -0.3 is 33.3 Å². The lowest BCUT2D eigenvalue weighted by molar-refractivity contribution is 0.669. The van der Waals surface area contributed by atoms with Gasteiger partial charge in [0.05, 0.1) is 6.04 Å². The van der Waals surface area contributed by atoms with Crippen LogP contribution < -0.4 is 24.5 Å². The summed E-state index contributed by atoms with van der Waals surface area (Å²) in [6.07, 6.45) is 7.87. The molecule has 0 radical (unpaired) electrons. The quantitative estimate of drug-likeness (QED) is 0.0710. The monoisotopic (exact) mass is 1550 g/mol. The van der Waals surface area contributed by atoms with Gasteiger partial charge in [-0.3, -0.25) is 0 Å². The van der Waals surface area contributed by atoms with E-state index >= 15 is 0 Å². The van der Waals surface area contributed by atoms with Crippen LogP contribution in [0.5, 0.6) is 0 Å². The summed E-state index contributed by atoms with van der Waals surface area (Å²) in [7, 11) is 0. The normalized spacial score (nSPS) is 12.5. The number of para-hydroxylation sites is 8. The number of anilines is 13. The fourth-order valence-electron chi connectivity index (χ4n) is 17.4. The predicted octanol–water partition coefficient (Wildman–Crippen LogP) is 32.1. The smallest absolute Gasteiger partial charge is 0.143 e. The van der Waals surface area contributed by atoms with E-state index in [1.165, 1.54) is 11.1 Å². The molecule has 0 saturated heterocycles. The van der Waals surface area contributed by atoms with Crippen molar-refractivity contribution >= 4 is 118 Å². The molecule has 20 aromatic rings. The minimum absolute atomic E-state index is 0.0109. The second kappa shape index (κ2) is 32.3. The van der Waals surface area contributed by atoms with Gasteiger partial charge >= 0.3 is 0 Å². The molecule has 0 N–H and O–H groups in total. The highest BCUT2D eigenvalue weighted by atomic mass is 16.3. The molecule has 0 amide bonds. The van der Waals surface area contributed by atoms with Crippen LogP contribution in [0.2, 0.25) is 0 Å². The van der Waals surface area contributed by atoms with Crippen LogP contribution in [0.4, 0.5) is 73.9 Å². The molecule has 0 bridgehead atoms. The van der Waals surface area contributed by atoms with Crippen LogP contribution in [-0.2, 0) is 0 Å². The van der Waals surface area contributed by atoms with Crippen molar-refractivity contribution in [3.05, 3.63) is 479 Å². The van der Waals surface area contributed by atoms with E-state index in [1.807, 2.05) is 24.3 Å². The van der Waals surface area contributed by atoms with Crippen LogP contribution in [0.25, 0.3) is 111 Å². The number of hydrogen-bond acceptors (Lipinski definition) is 7. The molecule has 7 nitrogen and oxygen atoms in total. The van der Waals surface area contributed by atoms with E-state index < -0.39 is 0 Å². The van der Waals surface area contributed by atoms with Gasteiger partial charge in [0.15, 0.2) is 0 Å². The van der Waals surface area contributed by atoms with E-state index in [-0.39, 0.29) is 6.04 Å². The lowest BCUT2D eigenvalue weighted by Gasteiger charge is -2.35. The van der Waals surface area contributed by atoms with Crippen molar-refractivity contribution in [2.75, 3.05) is 24.5 Å². The Morgan fingerprint density at radius 3 is 0.909 bits per heavy atom. The third-order valence-electron chi connectivity index (χ3n) is 23.4. The first-order valence-electron chi connectivity index (χ1n) is 41.4. The Balaban J connectivity index is 0.577. The molecule has 2 aromatic heterocycles. The number of furan rings is 2. The number of nitrogens with zero attached hydrogens (tertiary/aromatic N) is 5. The minimum atomic E-state index is -0.0109. The average molecular weight is 1550 g/mol. The minimum Gasteiger partial charge on any atom is -0.455 e. The van der Waals surface area contributed by atoms with Gasteiger partial charge in [-0.25, -0.2) is 0 Å². The highest BCUT2D eigenvalue weighted by molar-refractivity contribution is 6.11. The van der Waals surface area contributed by atoms with Gasteiger partial charge in [-0.05, 0) is 244 Å². The first-order chi connectivity index (χ1) is 60.0. The standard InChI is InChI=1S/C114H81N5O2/c1-6-24-80(25-7-1)82-50-58-94(59-51-82)117(100-70-66-98(67-71-100)115(90-29-8-2-9-30-90)91-31-10-3-11-32-91)102-74-76-103(77-75-102)118(101-72-68-99(69-73-101)116(92-33-12-4-13-34-92)93-35-14-5-15-36-93)95-62-54-85(55-63-95)88-27-20-26-87(78-88)84-48-46-81(47-49-84)83-52-60-96(61-53-83)119(97-64-56-86(57-65-97)105-40-22-42-109-107-38-16-18-44-111(107)120-113(105)109)104-37-21-28-89(79-104)106-41-23-43-110-108-39-17-19-45-112(108)121-114(106)110/h1-74,76-79,102H,75H2. The Hall–Kier alpha value is -16.0. The van der Waals surface area contributed by atoms with Crippen molar-refractivity contribution in [3.63, 3.8) is 0 Å². The lowest BCUT2D eigenvalue weighted by Crippen LogP contribution is -2.31. The molecule has 121 heavy (non-hydrogen) atoms. The Labute approximate surface area is 704 Å². The lowest BCUT2D eigenvalue weighted by atomic mass is 9.96. The number of benzene rings is 18. The van der Waals surface area contributed by atoms with Gasteiger partial charge in [0.25, 0.3) is 0 Å². The maximum absolute atomic E-state index is 6.61. The second-order valence-electron chi connectivity index (χ2n) is 30.7. The SMILES string of the molecule is C1=CC(N(c2ccc(-c3ccccc3)cc2)c2ccc(N(c3ccccc3)c3ccccc3)cc2)CC=C1N(c1ccc(-c2cccc(-c3ccc(-c4ccc(N(c5ccc(-c6cccc7c6oc6ccccc67)cc5)c5cccc(-c6cccc7c6oc6ccccc67)c5)cc4)cc3)c2)cc1)c1ccc(N(c2ccccc2)c2ccccc2)cc1. The highest BCUT2D eigenvalue weighted by Gasteiger charge is 2.27. The summed E-state index contributed by atoms with van der Waals surface area (Å²) < 4.78 is 13.1. The van der Waals surface area contributed by atoms with E-state index in [2.05, 4.69) is 473 Å². The number of hydrogen-bond donors (Lipinski definition) is 0. The van der Waals surface area contributed by atoms with Gasteiger partial charge in [0.2, 0.25) is 0 Å². The Morgan fingerprint density at radius 2 is 0.479 bits per heavy atom. The summed E-state index contributed by atoms with van der Waals surface area (Å²) in [4.78, 5) is 11.9. The Kier molecular flexibility index (Phi) is 19.4. The molecule has 574 valence electrons. The summed E-state index contributed by atoms with van der Waals surface area (Å²) in [5.74, 6) is 0. The summed E-state index contributed by atoms with van der Waals surface area (Å²) in [6, 6.07) is 163. The molecule has 0 fully saturated rings. The number of allylic oxidation sites excluding steroid dienone is 1. The van der Waals surface area contributed by atoms with Crippen LogP contribution in [-0.4, -0.2) is 6.04 Å². The Morgan fingerprint density at radius 1 is 0.198 bits per heavy atom. The largest absolute Gasteiger partial charge is 0.455 e. The summed E-state index contributed by atoms with van der Waals surface area (Å²) in [5, 5.41) is 4.43. The maximum Gasteiger partial charge on any atom is 0.143 e. The molecule has 1 atom stereocenters. The topological polar surface area (TPSA) is 42.5 Å². The second-order valence-corrected chi connectivity index (χ2v) is 30.7. The highest BCUT2D eigenvalue weighted by Crippen LogP contribution is 2.47. The van der Waals surface area contributed by atoms with Crippen molar-refractivity contribution in [1.82, 2.24) is 0 Å². The molecule has 0 spiro atoms. The molecule has 0 aliphatic heterocycles. The summed E-state index contributed by atoms with van der Waals surface area (Å²) in [6.45, 7) is 0. The number of rotatable bonds is 21. The molecular formula is C114H81N5O2. The third-order valence-corrected chi connectivity index (χ3v) is 23.4. The first kappa shape index (κ1) is 72.7.